The molecule has 1 aliphatic rings. The summed E-state index contributed by atoms with van der Waals surface area (Å²) in [6, 6.07) is 5.90. The second kappa shape index (κ2) is 8.12. The van der Waals surface area contributed by atoms with Crippen LogP contribution in [0.4, 0.5) is 5.69 Å². The van der Waals surface area contributed by atoms with E-state index in [4.69, 9.17) is 5.11 Å². The van der Waals surface area contributed by atoms with Gasteiger partial charge in [0.25, 0.3) is 0 Å². The van der Waals surface area contributed by atoms with Crippen molar-refractivity contribution in [3.8, 4) is 11.4 Å². The van der Waals surface area contributed by atoms with E-state index in [0.29, 0.717) is 0 Å². The van der Waals surface area contributed by atoms with Crippen LogP contribution in [0, 0.1) is 12.3 Å². The maximum absolute atomic E-state index is 12.5. The number of carboxylic acid groups (broad SMARTS) is 1. The van der Waals surface area contributed by atoms with Gasteiger partial charge in [0.15, 0.2) is 5.82 Å². The molecule has 0 atom stereocenters. The highest BCUT2D eigenvalue weighted by molar-refractivity contribution is 5.92. The van der Waals surface area contributed by atoms with Gasteiger partial charge in [-0.2, -0.15) is 0 Å². The molecule has 0 unspecified atom stereocenters. The number of hydrogen-bond donors (Lipinski definition) is 2. The predicted octanol–water partition coefficient (Wildman–Crippen LogP) is 3.81. The highest BCUT2D eigenvalue weighted by atomic mass is 16.4. The minimum atomic E-state index is -0.900. The fraction of sp³-hybridized carbons (Fsp3) is 0.524. The average Bonchev–Trinajstić information content (AvgIpc) is 2.83. The standard InChI is InChI=1S/C21H28N4O3/c1-14-8-9-15(20-24-23-17-7-5-4-6-10-25(17)20)11-16(14)22-18(26)12-21(2,3)13-19(27)28/h8-9,11H,4-7,10,12-13H2,1-3H3,(H,22,26)(H,27,28). The van der Waals surface area contributed by atoms with Gasteiger partial charge < -0.3 is 15.0 Å². The van der Waals surface area contributed by atoms with Crippen LogP contribution in [0.3, 0.4) is 0 Å². The van der Waals surface area contributed by atoms with Gasteiger partial charge >= 0.3 is 5.97 Å². The first-order chi connectivity index (χ1) is 13.2. The number of hydrogen-bond acceptors (Lipinski definition) is 4. The molecule has 0 radical (unpaired) electrons. The maximum atomic E-state index is 12.5. The minimum Gasteiger partial charge on any atom is -0.481 e. The molecule has 2 aromatic rings. The number of aryl methyl sites for hydroxylation is 2. The summed E-state index contributed by atoms with van der Waals surface area (Å²) in [6.45, 7) is 6.42. The lowest BCUT2D eigenvalue weighted by atomic mass is 9.85. The van der Waals surface area contributed by atoms with Gasteiger partial charge in [-0.3, -0.25) is 9.59 Å². The van der Waals surface area contributed by atoms with Crippen LogP contribution in [0.5, 0.6) is 0 Å². The quantitative estimate of drug-likeness (QED) is 0.789. The van der Waals surface area contributed by atoms with E-state index in [1.54, 1.807) is 13.8 Å². The van der Waals surface area contributed by atoms with Crippen LogP contribution in [-0.2, 0) is 22.6 Å². The second-order valence-corrected chi connectivity index (χ2v) is 8.39. The van der Waals surface area contributed by atoms with E-state index in [9.17, 15) is 9.59 Å². The lowest BCUT2D eigenvalue weighted by Crippen LogP contribution is -2.25. The monoisotopic (exact) mass is 384 g/mol. The van der Waals surface area contributed by atoms with Crippen LogP contribution < -0.4 is 5.32 Å². The first kappa shape index (κ1) is 20.0. The van der Waals surface area contributed by atoms with E-state index < -0.39 is 11.4 Å². The molecule has 0 bridgehead atoms. The lowest BCUT2D eigenvalue weighted by molar-refractivity contribution is -0.139. The van der Waals surface area contributed by atoms with Crippen molar-refractivity contribution in [2.45, 2.75) is 65.8 Å². The molecule has 0 fully saturated rings. The minimum absolute atomic E-state index is 0.0503. The SMILES string of the molecule is Cc1ccc(-c2nnc3n2CCCCC3)cc1NC(=O)CC(C)(C)CC(=O)O. The fourth-order valence-electron chi connectivity index (χ4n) is 3.70. The summed E-state index contributed by atoms with van der Waals surface area (Å²) in [7, 11) is 0. The molecule has 2 N–H and O–H groups in total. The van der Waals surface area contributed by atoms with Crippen molar-refractivity contribution in [3.63, 3.8) is 0 Å². The predicted molar refractivity (Wildman–Crippen MR) is 107 cm³/mol. The Morgan fingerprint density at radius 2 is 1.96 bits per heavy atom. The fourth-order valence-corrected chi connectivity index (χ4v) is 3.70. The largest absolute Gasteiger partial charge is 0.481 e. The van der Waals surface area contributed by atoms with Crippen LogP contribution in [0.1, 0.15) is 57.3 Å². The molecule has 3 rings (SSSR count). The number of amides is 1. The van der Waals surface area contributed by atoms with Gasteiger partial charge in [0.05, 0.1) is 6.42 Å². The molecule has 0 saturated heterocycles. The number of anilines is 1. The van der Waals surface area contributed by atoms with Gasteiger partial charge in [-0.25, -0.2) is 0 Å². The summed E-state index contributed by atoms with van der Waals surface area (Å²) >= 11 is 0. The molecule has 0 aliphatic carbocycles. The molecule has 7 nitrogen and oxygen atoms in total. The Balaban J connectivity index is 1.80. The Hall–Kier alpha value is -2.70. The molecule has 1 aromatic carbocycles. The van der Waals surface area contributed by atoms with Gasteiger partial charge in [0.1, 0.15) is 5.82 Å². The number of aromatic nitrogens is 3. The van der Waals surface area contributed by atoms with Gasteiger partial charge in [-0.05, 0) is 36.8 Å². The van der Waals surface area contributed by atoms with E-state index in [-0.39, 0.29) is 18.7 Å². The summed E-state index contributed by atoms with van der Waals surface area (Å²) < 4.78 is 2.18. The molecule has 1 aromatic heterocycles. The van der Waals surface area contributed by atoms with E-state index in [0.717, 1.165) is 54.3 Å². The first-order valence-electron chi connectivity index (χ1n) is 9.80. The Bertz CT molecular complexity index is 886. The smallest absolute Gasteiger partial charge is 0.303 e. The molecule has 1 amide bonds. The molecule has 28 heavy (non-hydrogen) atoms. The van der Waals surface area contributed by atoms with E-state index in [1.165, 1.54) is 6.42 Å². The molecular formula is C21H28N4O3. The zero-order chi connectivity index (χ0) is 20.3. The van der Waals surface area contributed by atoms with Crippen LogP contribution >= 0.6 is 0 Å². The summed E-state index contributed by atoms with van der Waals surface area (Å²) in [5, 5.41) is 20.7. The van der Waals surface area contributed by atoms with Crippen LogP contribution in [0.15, 0.2) is 18.2 Å². The third kappa shape index (κ3) is 4.77. The van der Waals surface area contributed by atoms with Gasteiger partial charge in [-0.15, -0.1) is 10.2 Å². The van der Waals surface area contributed by atoms with Crippen molar-refractivity contribution >= 4 is 17.6 Å². The topological polar surface area (TPSA) is 97.1 Å². The van der Waals surface area contributed by atoms with E-state index in [1.807, 2.05) is 25.1 Å². The van der Waals surface area contributed by atoms with Gasteiger partial charge in [0, 0.05) is 30.6 Å². The lowest BCUT2D eigenvalue weighted by Gasteiger charge is -2.22. The highest BCUT2D eigenvalue weighted by Crippen LogP contribution is 2.29. The number of aliphatic carboxylic acids is 1. The number of carbonyl (C=O) groups is 2. The summed E-state index contributed by atoms with van der Waals surface area (Å²) in [4.78, 5) is 23.5. The third-order valence-electron chi connectivity index (χ3n) is 5.15. The van der Waals surface area contributed by atoms with Gasteiger partial charge in [0.2, 0.25) is 5.91 Å². The zero-order valence-corrected chi connectivity index (χ0v) is 16.8. The number of nitrogens with zero attached hydrogens (tertiary/aromatic N) is 3. The number of fused-ring (bicyclic) bond motifs is 1. The Morgan fingerprint density at radius 1 is 1.18 bits per heavy atom. The molecule has 150 valence electrons. The van der Waals surface area contributed by atoms with Gasteiger partial charge in [-0.1, -0.05) is 32.4 Å². The Labute approximate surface area is 165 Å². The summed E-state index contributed by atoms with van der Waals surface area (Å²) in [6.07, 6.45) is 4.49. The molecule has 7 heteroatoms. The zero-order valence-electron chi connectivity index (χ0n) is 16.8. The summed E-state index contributed by atoms with van der Waals surface area (Å²) in [5.74, 6) is 0.766. The number of rotatable bonds is 6. The van der Waals surface area contributed by atoms with Crippen molar-refractivity contribution in [2.24, 2.45) is 5.41 Å². The molecule has 1 aliphatic heterocycles. The van der Waals surface area contributed by atoms with Crippen LogP contribution in [0.25, 0.3) is 11.4 Å². The van der Waals surface area contributed by atoms with Crippen molar-refractivity contribution < 1.29 is 14.7 Å². The molecule has 2 heterocycles. The number of carbonyl (C=O) groups excluding carboxylic acids is 1. The Morgan fingerprint density at radius 3 is 2.71 bits per heavy atom. The van der Waals surface area contributed by atoms with Crippen molar-refractivity contribution in [1.29, 1.82) is 0 Å². The number of carboxylic acids is 1. The van der Waals surface area contributed by atoms with E-state index >= 15 is 0 Å². The highest BCUT2D eigenvalue weighted by Gasteiger charge is 2.25. The van der Waals surface area contributed by atoms with Crippen molar-refractivity contribution in [1.82, 2.24) is 14.8 Å². The van der Waals surface area contributed by atoms with E-state index in [2.05, 4.69) is 20.1 Å². The molecule has 0 saturated carbocycles. The van der Waals surface area contributed by atoms with Crippen molar-refractivity contribution in [2.75, 3.05) is 5.32 Å². The van der Waals surface area contributed by atoms with Crippen LogP contribution in [0.2, 0.25) is 0 Å². The van der Waals surface area contributed by atoms with Crippen molar-refractivity contribution in [3.05, 3.63) is 29.6 Å². The molecule has 0 spiro atoms. The average molecular weight is 384 g/mol. The third-order valence-corrected chi connectivity index (χ3v) is 5.15. The second-order valence-electron chi connectivity index (χ2n) is 8.39. The number of nitrogens with one attached hydrogen (secondary N) is 1. The summed E-state index contributed by atoms with van der Waals surface area (Å²) in [5.41, 5.74) is 1.99. The normalized spacial score (nSPS) is 14.2. The number of benzene rings is 1. The van der Waals surface area contributed by atoms with Crippen LogP contribution in [-0.4, -0.2) is 31.7 Å². The molecular weight excluding hydrogens is 356 g/mol. The first-order valence-corrected chi connectivity index (χ1v) is 9.80. The Kier molecular flexibility index (Phi) is 5.82. The maximum Gasteiger partial charge on any atom is 0.303 e.